The Morgan fingerprint density at radius 2 is 2.17 bits per heavy atom. The number of likely N-dealkylation sites (tertiary alicyclic amines) is 1. The lowest BCUT2D eigenvalue weighted by atomic mass is 10.0. The molecular formula is C21H22NO. The van der Waals surface area contributed by atoms with Crippen LogP contribution in [0.3, 0.4) is 0 Å². The second-order valence-electron chi connectivity index (χ2n) is 6.53. The molecule has 1 saturated heterocycles. The van der Waals surface area contributed by atoms with Crippen LogP contribution in [0.25, 0.3) is 22.1 Å². The van der Waals surface area contributed by atoms with Crippen molar-refractivity contribution < 1.29 is 4.42 Å². The maximum atomic E-state index is 6.02. The van der Waals surface area contributed by atoms with E-state index in [-0.39, 0.29) is 0 Å². The van der Waals surface area contributed by atoms with Crippen LogP contribution in [0.15, 0.2) is 52.9 Å². The molecule has 2 aromatic carbocycles. The van der Waals surface area contributed by atoms with Crippen molar-refractivity contribution in [3.05, 3.63) is 60.4 Å². The van der Waals surface area contributed by atoms with Crippen molar-refractivity contribution in [3.8, 4) is 11.1 Å². The van der Waals surface area contributed by atoms with Crippen LogP contribution in [-0.2, 0) is 6.42 Å². The normalized spacial score (nSPS) is 18.7. The monoisotopic (exact) mass is 304 g/mol. The lowest BCUT2D eigenvalue weighted by Gasteiger charge is -2.19. The maximum absolute atomic E-state index is 6.02. The van der Waals surface area contributed by atoms with E-state index in [4.69, 9.17) is 4.42 Å². The number of benzene rings is 2. The molecule has 0 spiro atoms. The van der Waals surface area contributed by atoms with Gasteiger partial charge in [0, 0.05) is 24.4 Å². The molecule has 0 bridgehead atoms. The molecule has 4 rings (SSSR count). The van der Waals surface area contributed by atoms with Crippen LogP contribution in [-0.4, -0.2) is 24.0 Å². The molecule has 1 fully saturated rings. The Labute approximate surface area is 137 Å². The van der Waals surface area contributed by atoms with Gasteiger partial charge in [-0.2, -0.15) is 0 Å². The summed E-state index contributed by atoms with van der Waals surface area (Å²) in [7, 11) is 0. The Balaban J connectivity index is 1.54. The minimum absolute atomic E-state index is 0.723. The first kappa shape index (κ1) is 14.5. The summed E-state index contributed by atoms with van der Waals surface area (Å²) >= 11 is 0. The molecule has 2 heteroatoms. The number of rotatable bonds is 4. The molecule has 2 heterocycles. The first-order valence-electron chi connectivity index (χ1n) is 8.52. The van der Waals surface area contributed by atoms with E-state index in [2.05, 4.69) is 48.2 Å². The summed E-state index contributed by atoms with van der Waals surface area (Å²) < 4.78 is 6.02. The van der Waals surface area contributed by atoms with Crippen LogP contribution in [0.5, 0.6) is 0 Å². The highest BCUT2D eigenvalue weighted by atomic mass is 16.3. The molecular weight excluding hydrogens is 282 g/mol. The van der Waals surface area contributed by atoms with E-state index in [1.165, 1.54) is 35.9 Å². The van der Waals surface area contributed by atoms with Crippen molar-refractivity contribution in [2.24, 2.45) is 0 Å². The smallest absolute Gasteiger partial charge is 0.134 e. The molecule has 0 N–H and O–H groups in total. The summed E-state index contributed by atoms with van der Waals surface area (Å²) in [6.45, 7) is 4.66. The quantitative estimate of drug-likeness (QED) is 0.679. The minimum Gasteiger partial charge on any atom is -0.461 e. The van der Waals surface area contributed by atoms with Crippen molar-refractivity contribution in [1.29, 1.82) is 0 Å². The van der Waals surface area contributed by atoms with E-state index in [0.29, 0.717) is 0 Å². The molecule has 0 unspecified atom stereocenters. The third-order valence-corrected chi connectivity index (χ3v) is 4.94. The predicted molar refractivity (Wildman–Crippen MR) is 94.5 cm³/mol. The molecule has 3 aromatic rings. The Morgan fingerprint density at radius 1 is 1.22 bits per heavy atom. The van der Waals surface area contributed by atoms with Gasteiger partial charge >= 0.3 is 0 Å². The first-order valence-corrected chi connectivity index (χ1v) is 8.52. The van der Waals surface area contributed by atoms with E-state index >= 15 is 0 Å². The predicted octanol–water partition coefficient (Wildman–Crippen LogP) is 4.93. The standard InChI is InChI=1S/C21H22NO/c1-16-6-5-12-22(16)13-11-20-15-19-14-18(9-10-21(19)23-20)17-7-3-2-4-8-17/h2-3,7-10,14-16H,5-6,11-13H2,1H3/t16-/m1/s1. The van der Waals surface area contributed by atoms with Crippen molar-refractivity contribution in [1.82, 2.24) is 4.90 Å². The van der Waals surface area contributed by atoms with Gasteiger partial charge in [0.1, 0.15) is 11.3 Å². The molecule has 1 aromatic heterocycles. The average molecular weight is 304 g/mol. The molecule has 2 nitrogen and oxygen atoms in total. The fraction of sp³-hybridized carbons (Fsp3) is 0.333. The van der Waals surface area contributed by atoms with Crippen molar-refractivity contribution >= 4 is 11.0 Å². The first-order chi connectivity index (χ1) is 11.3. The SMILES string of the molecule is C[C@@H]1CCCN1CCc1cc2cc(-c3c[c]ccc3)ccc2o1. The highest BCUT2D eigenvalue weighted by molar-refractivity contribution is 5.84. The molecule has 1 atom stereocenters. The van der Waals surface area contributed by atoms with E-state index < -0.39 is 0 Å². The van der Waals surface area contributed by atoms with Gasteiger partial charge in [-0.05, 0) is 67.8 Å². The van der Waals surface area contributed by atoms with Crippen LogP contribution in [0.2, 0.25) is 0 Å². The highest BCUT2D eigenvalue weighted by Gasteiger charge is 2.20. The Kier molecular flexibility index (Phi) is 3.92. The molecule has 0 aliphatic carbocycles. The Hall–Kier alpha value is -2.06. The molecule has 117 valence electrons. The van der Waals surface area contributed by atoms with Gasteiger partial charge in [-0.3, -0.25) is 0 Å². The topological polar surface area (TPSA) is 16.4 Å². The second-order valence-corrected chi connectivity index (χ2v) is 6.53. The third-order valence-electron chi connectivity index (χ3n) is 4.94. The van der Waals surface area contributed by atoms with Gasteiger partial charge in [0.25, 0.3) is 0 Å². The summed E-state index contributed by atoms with van der Waals surface area (Å²) in [5.74, 6) is 1.09. The van der Waals surface area contributed by atoms with E-state index in [9.17, 15) is 0 Å². The summed E-state index contributed by atoms with van der Waals surface area (Å²) in [6.07, 6.45) is 3.66. The minimum atomic E-state index is 0.723. The maximum Gasteiger partial charge on any atom is 0.134 e. The summed E-state index contributed by atoms with van der Waals surface area (Å²) in [5.41, 5.74) is 3.40. The van der Waals surface area contributed by atoms with E-state index in [1.807, 2.05) is 18.2 Å². The third kappa shape index (κ3) is 3.04. The zero-order valence-corrected chi connectivity index (χ0v) is 13.6. The van der Waals surface area contributed by atoms with Crippen molar-refractivity contribution in [3.63, 3.8) is 0 Å². The molecule has 1 aliphatic rings. The Morgan fingerprint density at radius 3 is 2.96 bits per heavy atom. The zero-order chi connectivity index (χ0) is 15.6. The molecule has 1 aliphatic heterocycles. The van der Waals surface area contributed by atoms with Gasteiger partial charge in [-0.25, -0.2) is 0 Å². The summed E-state index contributed by atoms with van der Waals surface area (Å²) in [4.78, 5) is 2.57. The highest BCUT2D eigenvalue weighted by Crippen LogP contribution is 2.27. The lowest BCUT2D eigenvalue weighted by molar-refractivity contribution is 0.266. The Bertz CT molecular complexity index is 790. The van der Waals surface area contributed by atoms with Gasteiger partial charge in [0.15, 0.2) is 0 Å². The fourth-order valence-electron chi connectivity index (χ4n) is 3.55. The van der Waals surface area contributed by atoms with Crippen LogP contribution in [0, 0.1) is 6.07 Å². The summed E-state index contributed by atoms with van der Waals surface area (Å²) in [6, 6.07) is 20.6. The molecule has 0 amide bonds. The van der Waals surface area contributed by atoms with Crippen LogP contribution in [0.4, 0.5) is 0 Å². The number of hydrogen-bond donors (Lipinski definition) is 0. The van der Waals surface area contributed by atoms with Crippen LogP contribution >= 0.6 is 0 Å². The fourth-order valence-corrected chi connectivity index (χ4v) is 3.55. The molecule has 0 saturated carbocycles. The van der Waals surface area contributed by atoms with Gasteiger partial charge in [0.2, 0.25) is 0 Å². The van der Waals surface area contributed by atoms with Crippen molar-refractivity contribution in [2.75, 3.05) is 13.1 Å². The largest absolute Gasteiger partial charge is 0.461 e. The van der Waals surface area contributed by atoms with Gasteiger partial charge in [-0.15, -0.1) is 0 Å². The van der Waals surface area contributed by atoms with E-state index in [1.54, 1.807) is 0 Å². The number of nitrogens with zero attached hydrogens (tertiary/aromatic N) is 1. The molecule has 1 radical (unpaired) electrons. The van der Waals surface area contributed by atoms with Gasteiger partial charge in [0.05, 0.1) is 0 Å². The number of hydrogen-bond acceptors (Lipinski definition) is 2. The van der Waals surface area contributed by atoms with E-state index in [0.717, 1.165) is 30.4 Å². The van der Waals surface area contributed by atoms with Crippen LogP contribution in [0.1, 0.15) is 25.5 Å². The number of furan rings is 1. The lowest BCUT2D eigenvalue weighted by Crippen LogP contribution is -2.28. The van der Waals surface area contributed by atoms with Crippen molar-refractivity contribution in [2.45, 2.75) is 32.2 Å². The van der Waals surface area contributed by atoms with Gasteiger partial charge in [-0.1, -0.05) is 24.3 Å². The molecule has 23 heavy (non-hydrogen) atoms. The number of fused-ring (bicyclic) bond motifs is 1. The van der Waals surface area contributed by atoms with Crippen LogP contribution < -0.4 is 0 Å². The van der Waals surface area contributed by atoms with Gasteiger partial charge < -0.3 is 9.32 Å². The zero-order valence-electron chi connectivity index (χ0n) is 13.6. The summed E-state index contributed by atoms with van der Waals surface area (Å²) in [5, 5.41) is 1.19. The second kappa shape index (κ2) is 6.21. The average Bonchev–Trinajstić information content (AvgIpc) is 3.18.